The topological polar surface area (TPSA) is 45.7 Å². The Morgan fingerprint density at radius 3 is 2.48 bits per heavy atom. The molecule has 0 bridgehead atoms. The molecule has 3 aromatic rings. The molecule has 1 fully saturated rings. The van der Waals surface area contributed by atoms with Gasteiger partial charge in [-0.25, -0.2) is 4.99 Å². The lowest BCUT2D eigenvalue weighted by atomic mass is 9.86. The number of aliphatic imine (C=N–C) groups is 1. The molecule has 1 saturated heterocycles. The summed E-state index contributed by atoms with van der Waals surface area (Å²) in [7, 11) is 0. The van der Waals surface area contributed by atoms with E-state index in [0.29, 0.717) is 0 Å². The third-order valence-electron chi connectivity index (χ3n) is 5.80. The quantitative estimate of drug-likeness (QED) is 0.658. The van der Waals surface area contributed by atoms with E-state index in [-0.39, 0.29) is 5.54 Å². The molecule has 29 heavy (non-hydrogen) atoms. The van der Waals surface area contributed by atoms with Crippen molar-refractivity contribution in [1.29, 1.82) is 0 Å². The molecule has 2 heterocycles. The van der Waals surface area contributed by atoms with E-state index in [1.54, 1.807) is 0 Å². The van der Waals surface area contributed by atoms with Gasteiger partial charge < -0.3 is 15.4 Å². The minimum Gasteiger partial charge on any atom is -0.381 e. The first-order chi connectivity index (χ1) is 14.3. The number of hydrogen-bond donors (Lipinski definition) is 2. The summed E-state index contributed by atoms with van der Waals surface area (Å²) >= 11 is 0. The Hall–Kier alpha value is -3.11. The highest BCUT2D eigenvalue weighted by atomic mass is 16.5. The Morgan fingerprint density at radius 2 is 1.62 bits per heavy atom. The van der Waals surface area contributed by atoms with Crippen LogP contribution in [0.1, 0.15) is 18.4 Å². The Morgan fingerprint density at radius 1 is 0.862 bits per heavy atom. The second-order valence-electron chi connectivity index (χ2n) is 7.72. The normalized spacial score (nSPS) is 17.2. The number of anilines is 1. The predicted octanol–water partition coefficient (Wildman–Crippen LogP) is 5.15. The third-order valence-corrected chi connectivity index (χ3v) is 5.80. The van der Waals surface area contributed by atoms with E-state index in [2.05, 4.69) is 77.4 Å². The summed E-state index contributed by atoms with van der Waals surface area (Å²) in [6.45, 7) is 2.24. The van der Waals surface area contributed by atoms with Crippen LogP contribution >= 0.6 is 0 Å². The van der Waals surface area contributed by atoms with Gasteiger partial charge in [0.25, 0.3) is 0 Å². The molecule has 146 valence electrons. The van der Waals surface area contributed by atoms with Gasteiger partial charge in [0.2, 0.25) is 0 Å². The molecule has 0 aromatic heterocycles. The van der Waals surface area contributed by atoms with Crippen molar-refractivity contribution in [1.82, 2.24) is 5.32 Å². The van der Waals surface area contributed by atoms with Crippen LogP contribution < -0.4 is 10.6 Å². The summed E-state index contributed by atoms with van der Waals surface area (Å²) in [6.07, 6.45) is 1.83. The van der Waals surface area contributed by atoms with Gasteiger partial charge in [0, 0.05) is 32.6 Å². The molecule has 1 spiro atoms. The fraction of sp³-hybridized carbons (Fsp3) is 0.240. The van der Waals surface area contributed by atoms with Gasteiger partial charge in [-0.05, 0) is 34.9 Å². The maximum Gasteiger partial charge on any atom is 0.129 e. The van der Waals surface area contributed by atoms with E-state index in [4.69, 9.17) is 9.73 Å². The van der Waals surface area contributed by atoms with Gasteiger partial charge in [-0.15, -0.1) is 0 Å². The summed E-state index contributed by atoms with van der Waals surface area (Å²) in [5, 5.41) is 7.41. The van der Waals surface area contributed by atoms with Crippen LogP contribution in [-0.4, -0.2) is 24.6 Å². The average Bonchev–Trinajstić information content (AvgIpc) is 2.79. The minimum atomic E-state index is -0.177. The molecule has 2 aliphatic rings. The van der Waals surface area contributed by atoms with E-state index in [1.165, 1.54) is 16.7 Å². The van der Waals surface area contributed by atoms with E-state index < -0.39 is 0 Å². The molecule has 4 nitrogen and oxygen atoms in total. The highest BCUT2D eigenvalue weighted by molar-refractivity contribution is 6.00. The first kappa shape index (κ1) is 18.0. The molecule has 3 aromatic carbocycles. The fourth-order valence-electron chi connectivity index (χ4n) is 4.19. The highest BCUT2D eigenvalue weighted by Crippen LogP contribution is 2.37. The lowest BCUT2D eigenvalue weighted by Gasteiger charge is -2.42. The SMILES string of the molecule is c1ccc(-c2cccc(CNC3=Nc4ccccc4NC34CCOCC4)c2)cc1. The van der Waals surface area contributed by atoms with Crippen LogP contribution in [0, 0.1) is 0 Å². The van der Waals surface area contributed by atoms with Gasteiger partial charge in [0.05, 0.1) is 16.9 Å². The number of fused-ring (bicyclic) bond motifs is 1. The molecule has 0 aliphatic carbocycles. The number of benzene rings is 3. The zero-order valence-corrected chi connectivity index (χ0v) is 16.4. The van der Waals surface area contributed by atoms with Crippen molar-refractivity contribution >= 4 is 17.2 Å². The molecule has 0 radical (unpaired) electrons. The van der Waals surface area contributed by atoms with Crippen molar-refractivity contribution in [2.45, 2.75) is 24.9 Å². The van der Waals surface area contributed by atoms with Crippen molar-refractivity contribution in [3.8, 4) is 11.1 Å². The summed E-state index contributed by atoms with van der Waals surface area (Å²) < 4.78 is 5.64. The maximum absolute atomic E-state index is 5.64. The van der Waals surface area contributed by atoms with E-state index in [9.17, 15) is 0 Å². The van der Waals surface area contributed by atoms with Crippen LogP contribution in [0.5, 0.6) is 0 Å². The molecular formula is C25H25N3O. The Bertz CT molecular complexity index is 1020. The number of nitrogens with one attached hydrogen (secondary N) is 2. The Kier molecular flexibility index (Phi) is 4.78. The molecule has 4 heteroatoms. The van der Waals surface area contributed by atoms with Crippen LogP contribution in [0.4, 0.5) is 11.4 Å². The van der Waals surface area contributed by atoms with Crippen LogP contribution in [0.15, 0.2) is 83.9 Å². The second-order valence-corrected chi connectivity index (χ2v) is 7.72. The van der Waals surface area contributed by atoms with Gasteiger partial charge in [-0.1, -0.05) is 60.7 Å². The zero-order valence-electron chi connectivity index (χ0n) is 16.4. The van der Waals surface area contributed by atoms with Crippen LogP contribution in [0.2, 0.25) is 0 Å². The van der Waals surface area contributed by atoms with Crippen molar-refractivity contribution in [3.05, 3.63) is 84.4 Å². The molecule has 0 amide bonds. The summed E-state index contributed by atoms with van der Waals surface area (Å²) in [6, 6.07) is 27.5. The van der Waals surface area contributed by atoms with Crippen molar-refractivity contribution in [2.75, 3.05) is 18.5 Å². The van der Waals surface area contributed by atoms with Crippen molar-refractivity contribution < 1.29 is 4.74 Å². The van der Waals surface area contributed by atoms with Gasteiger partial charge in [0.1, 0.15) is 5.84 Å². The van der Waals surface area contributed by atoms with Crippen molar-refractivity contribution in [3.63, 3.8) is 0 Å². The second kappa shape index (κ2) is 7.72. The Labute approximate surface area is 171 Å². The smallest absolute Gasteiger partial charge is 0.129 e. The summed E-state index contributed by atoms with van der Waals surface area (Å²) in [5.41, 5.74) is 5.63. The fourth-order valence-corrected chi connectivity index (χ4v) is 4.19. The summed E-state index contributed by atoms with van der Waals surface area (Å²) in [5.74, 6) is 1.02. The third kappa shape index (κ3) is 3.64. The number of para-hydroxylation sites is 2. The Balaban J connectivity index is 1.41. The lowest BCUT2D eigenvalue weighted by molar-refractivity contribution is 0.0771. The molecule has 5 rings (SSSR count). The van der Waals surface area contributed by atoms with Crippen LogP contribution in [0.3, 0.4) is 0 Å². The number of amidine groups is 1. The first-order valence-corrected chi connectivity index (χ1v) is 10.2. The molecular weight excluding hydrogens is 358 g/mol. The number of nitrogens with zero attached hydrogens (tertiary/aromatic N) is 1. The molecule has 0 atom stereocenters. The standard InChI is InChI=1S/C25H25N3O/c1-2-8-20(9-3-1)21-10-6-7-19(17-21)18-26-24-25(13-15-29-16-14-25)28-23-12-5-4-11-22(23)27-24/h1-12,17,28H,13-16,18H2,(H,26,27). The lowest BCUT2D eigenvalue weighted by Crippen LogP contribution is -2.56. The number of ether oxygens (including phenoxy) is 1. The molecule has 2 aliphatic heterocycles. The predicted molar refractivity (Wildman–Crippen MR) is 119 cm³/mol. The van der Waals surface area contributed by atoms with Gasteiger partial charge >= 0.3 is 0 Å². The first-order valence-electron chi connectivity index (χ1n) is 10.2. The van der Waals surface area contributed by atoms with Crippen LogP contribution in [0.25, 0.3) is 11.1 Å². The highest BCUT2D eigenvalue weighted by Gasteiger charge is 2.40. The van der Waals surface area contributed by atoms with E-state index >= 15 is 0 Å². The van der Waals surface area contributed by atoms with Gasteiger partial charge in [-0.2, -0.15) is 0 Å². The minimum absolute atomic E-state index is 0.177. The molecule has 0 saturated carbocycles. The molecule has 2 N–H and O–H groups in total. The van der Waals surface area contributed by atoms with Crippen molar-refractivity contribution in [2.24, 2.45) is 4.99 Å². The van der Waals surface area contributed by atoms with Gasteiger partial charge in [-0.3, -0.25) is 0 Å². The number of rotatable bonds is 3. The molecule has 0 unspecified atom stereocenters. The average molecular weight is 383 g/mol. The van der Waals surface area contributed by atoms with E-state index in [1.807, 2.05) is 12.1 Å². The van der Waals surface area contributed by atoms with Crippen LogP contribution in [-0.2, 0) is 11.3 Å². The maximum atomic E-state index is 5.64. The van der Waals surface area contributed by atoms with Gasteiger partial charge in [0.15, 0.2) is 0 Å². The monoisotopic (exact) mass is 383 g/mol. The summed E-state index contributed by atoms with van der Waals surface area (Å²) in [4.78, 5) is 5.01. The largest absolute Gasteiger partial charge is 0.381 e. The zero-order chi connectivity index (χ0) is 19.5. The number of hydrogen-bond acceptors (Lipinski definition) is 4. The van der Waals surface area contributed by atoms with E-state index in [0.717, 1.165) is 49.8 Å².